The topological polar surface area (TPSA) is 170 Å². The number of para-hydroxylation sites is 2. The van der Waals surface area contributed by atoms with Gasteiger partial charge >= 0.3 is 7.12 Å². The summed E-state index contributed by atoms with van der Waals surface area (Å²) in [5.41, 5.74) is 7.92. The first-order chi connectivity index (χ1) is 26.8. The highest BCUT2D eigenvalue weighted by Crippen LogP contribution is 2.41. The SMILES string of the molecule is CC1(C)C(/C=C/c2ccc(OCc3ccc(B(O)O)cc3)c(/C=C/C3=[N+](CCCS(=O)(=O)[O-])c4ccccc4C3(C)C)c2)=[N+](CCCS(=O)(=O)[O-])c2ccccc21. The van der Waals surface area contributed by atoms with Crippen molar-refractivity contribution in [3.05, 3.63) is 131 Å². The highest BCUT2D eigenvalue weighted by atomic mass is 32.2. The third-order valence-corrected chi connectivity index (χ3v) is 12.3. The Balaban J connectivity index is 1.39. The van der Waals surface area contributed by atoms with Crippen LogP contribution < -0.4 is 10.2 Å². The lowest BCUT2D eigenvalue weighted by Gasteiger charge is -2.16. The van der Waals surface area contributed by atoms with Crippen LogP contribution in [0.3, 0.4) is 0 Å². The second-order valence-electron chi connectivity index (χ2n) is 15.5. The van der Waals surface area contributed by atoms with Crippen LogP contribution in [0.2, 0.25) is 0 Å². The lowest BCUT2D eigenvalue weighted by atomic mass is 9.80. The molecule has 0 spiro atoms. The van der Waals surface area contributed by atoms with Crippen LogP contribution in [0.25, 0.3) is 12.2 Å². The van der Waals surface area contributed by atoms with Gasteiger partial charge in [0.05, 0.1) is 31.1 Å². The first-order valence-corrected chi connectivity index (χ1v) is 21.9. The summed E-state index contributed by atoms with van der Waals surface area (Å²) in [6.45, 7) is 9.35. The minimum Gasteiger partial charge on any atom is -0.748 e. The van der Waals surface area contributed by atoms with Gasteiger partial charge in [-0.1, -0.05) is 66.7 Å². The van der Waals surface area contributed by atoms with Gasteiger partial charge in [0.1, 0.15) is 25.4 Å². The molecule has 2 aliphatic heterocycles. The van der Waals surface area contributed by atoms with Gasteiger partial charge in [0.15, 0.2) is 11.4 Å². The van der Waals surface area contributed by atoms with Crippen molar-refractivity contribution >= 4 is 67.8 Å². The molecule has 0 atom stereocenters. The summed E-state index contributed by atoms with van der Waals surface area (Å²) in [5, 5.41) is 19.1. The molecule has 4 aromatic carbocycles. The van der Waals surface area contributed by atoms with Crippen molar-refractivity contribution in [3.63, 3.8) is 0 Å². The number of ether oxygens (including phenoxy) is 1. The van der Waals surface area contributed by atoms with E-state index in [2.05, 4.69) is 49.0 Å². The Labute approximate surface area is 335 Å². The third-order valence-electron chi connectivity index (χ3n) is 10.7. The molecule has 4 aromatic rings. The Morgan fingerprint density at radius 1 is 0.667 bits per heavy atom. The number of rotatable bonds is 16. The average Bonchev–Trinajstić information content (AvgIpc) is 3.49. The summed E-state index contributed by atoms with van der Waals surface area (Å²) in [7, 11) is -10.3. The zero-order chi connectivity index (χ0) is 41.2. The molecule has 2 aliphatic rings. The first-order valence-electron chi connectivity index (χ1n) is 18.8. The zero-order valence-corrected chi connectivity index (χ0v) is 34.1. The first kappa shape index (κ1) is 41.9. The van der Waals surface area contributed by atoms with Gasteiger partial charge in [-0.15, -0.1) is 0 Å². The highest BCUT2D eigenvalue weighted by molar-refractivity contribution is 7.85. The van der Waals surface area contributed by atoms with Gasteiger partial charge in [-0.05, 0) is 68.6 Å². The van der Waals surface area contributed by atoms with Gasteiger partial charge in [-0.25, -0.2) is 16.8 Å². The van der Waals surface area contributed by atoms with E-state index in [1.54, 1.807) is 24.3 Å². The van der Waals surface area contributed by atoms with E-state index in [4.69, 9.17) is 4.74 Å². The maximum Gasteiger partial charge on any atom is 0.488 e. The number of hydrogen-bond acceptors (Lipinski definition) is 9. The zero-order valence-electron chi connectivity index (χ0n) is 32.5. The summed E-state index contributed by atoms with van der Waals surface area (Å²) in [4.78, 5) is 0. The van der Waals surface area contributed by atoms with Gasteiger partial charge in [0.25, 0.3) is 0 Å². The van der Waals surface area contributed by atoms with Crippen LogP contribution in [0, 0.1) is 0 Å². The Hall–Kier alpha value is -4.70. The summed E-state index contributed by atoms with van der Waals surface area (Å²) >= 11 is 0. The summed E-state index contributed by atoms with van der Waals surface area (Å²) < 4.78 is 79.4. The van der Waals surface area contributed by atoms with Crippen molar-refractivity contribution in [1.82, 2.24) is 0 Å². The fourth-order valence-corrected chi connectivity index (χ4v) is 8.75. The minimum atomic E-state index is -4.38. The molecular formula is C43H47BN2O9S2. The Morgan fingerprint density at radius 2 is 1.16 bits per heavy atom. The van der Waals surface area contributed by atoms with Crippen LogP contribution in [0.5, 0.6) is 5.75 Å². The van der Waals surface area contributed by atoms with Gasteiger partial charge in [-0.3, -0.25) is 0 Å². The van der Waals surface area contributed by atoms with Crippen LogP contribution >= 0.6 is 0 Å². The molecule has 0 fully saturated rings. The summed E-state index contributed by atoms with van der Waals surface area (Å²) in [5.74, 6) is -0.331. The van der Waals surface area contributed by atoms with Crippen LogP contribution in [-0.2, 0) is 37.7 Å². The lowest BCUT2D eigenvalue weighted by Crippen LogP contribution is -2.29. The largest absolute Gasteiger partial charge is 0.748 e. The smallest absolute Gasteiger partial charge is 0.488 e. The quantitative estimate of drug-likeness (QED) is 0.0899. The standard InChI is InChI=1S/C43H47BN2O9S2/c1-42(2)35-11-5-7-13-37(35)45(25-9-27-56(49,50)51)40(42)23-18-31-17-22-39(55-30-32-15-20-34(21-16-32)44(47)48)33(29-31)19-24-41-43(3,4)36-12-6-8-14-38(36)46(41)26-10-28-57(52,53)54/h5-8,11-24,29,47-48H,9-10,25-28,30H2,1-4H3/b23-18+,24-19+. The fraction of sp³-hybridized carbons (Fsp3) is 0.302. The molecule has 11 nitrogen and oxygen atoms in total. The number of benzene rings is 4. The predicted octanol–water partition coefficient (Wildman–Crippen LogP) is 5.00. The van der Waals surface area contributed by atoms with Crippen molar-refractivity contribution in [1.29, 1.82) is 0 Å². The molecule has 6 rings (SSSR count). The van der Waals surface area contributed by atoms with Crippen molar-refractivity contribution in [3.8, 4) is 5.75 Å². The van der Waals surface area contributed by atoms with E-state index >= 15 is 0 Å². The van der Waals surface area contributed by atoms with E-state index in [0.29, 0.717) is 24.3 Å². The Kier molecular flexibility index (Phi) is 12.2. The normalized spacial score (nSPS) is 16.1. The van der Waals surface area contributed by atoms with Crippen molar-refractivity contribution in [2.24, 2.45) is 0 Å². The van der Waals surface area contributed by atoms with Crippen LogP contribution in [0.1, 0.15) is 68.4 Å². The van der Waals surface area contributed by atoms with E-state index in [1.807, 2.05) is 78.9 Å². The van der Waals surface area contributed by atoms with Gasteiger partial charge in [-0.2, -0.15) is 9.15 Å². The van der Waals surface area contributed by atoms with E-state index < -0.39 is 49.7 Å². The molecule has 0 amide bonds. The van der Waals surface area contributed by atoms with Crippen LogP contribution in [-0.4, -0.2) is 88.3 Å². The van der Waals surface area contributed by atoms with Crippen LogP contribution in [0.15, 0.2) is 103 Å². The lowest BCUT2D eigenvalue weighted by molar-refractivity contribution is -0.437. The molecular weight excluding hydrogens is 763 g/mol. The maximum absolute atomic E-state index is 11.5. The maximum atomic E-state index is 11.5. The second kappa shape index (κ2) is 16.6. The monoisotopic (exact) mass is 810 g/mol. The Bertz CT molecular complexity index is 2510. The molecule has 0 saturated heterocycles. The molecule has 0 unspecified atom stereocenters. The average molecular weight is 811 g/mol. The molecule has 2 N–H and O–H groups in total. The van der Waals surface area contributed by atoms with E-state index in [0.717, 1.165) is 50.6 Å². The molecule has 14 heteroatoms. The highest BCUT2D eigenvalue weighted by Gasteiger charge is 2.45. The van der Waals surface area contributed by atoms with Gasteiger partial charge in [0.2, 0.25) is 11.4 Å². The number of nitrogens with zero attached hydrogens (tertiary/aromatic N) is 2. The van der Waals surface area contributed by atoms with Crippen molar-refractivity contribution in [2.75, 3.05) is 24.6 Å². The number of fused-ring (bicyclic) bond motifs is 2. The fourth-order valence-electron chi connectivity index (χ4n) is 7.79. The summed E-state index contributed by atoms with van der Waals surface area (Å²) in [6.07, 6.45) is 8.35. The van der Waals surface area contributed by atoms with Crippen LogP contribution in [0.4, 0.5) is 11.4 Å². The third kappa shape index (κ3) is 9.71. The molecule has 0 aliphatic carbocycles. The molecule has 298 valence electrons. The molecule has 0 bridgehead atoms. The molecule has 2 heterocycles. The van der Waals surface area contributed by atoms with Crippen molar-refractivity contribution in [2.45, 2.75) is 58.0 Å². The second-order valence-corrected chi connectivity index (χ2v) is 18.5. The van der Waals surface area contributed by atoms with E-state index in [9.17, 15) is 36.0 Å². The molecule has 57 heavy (non-hydrogen) atoms. The molecule has 0 radical (unpaired) electrons. The minimum absolute atomic E-state index is 0.164. The predicted molar refractivity (Wildman–Crippen MR) is 222 cm³/mol. The summed E-state index contributed by atoms with van der Waals surface area (Å²) in [6, 6.07) is 28.6. The molecule has 0 saturated carbocycles. The number of hydrogen-bond donors (Lipinski definition) is 2. The van der Waals surface area contributed by atoms with E-state index in [-0.39, 0.29) is 19.4 Å². The van der Waals surface area contributed by atoms with Gasteiger partial charge in [0, 0.05) is 65.3 Å². The van der Waals surface area contributed by atoms with Crippen molar-refractivity contribution < 1.29 is 49.9 Å². The van der Waals surface area contributed by atoms with E-state index in [1.165, 1.54) is 0 Å². The Morgan fingerprint density at radius 3 is 1.65 bits per heavy atom. The molecule has 0 aromatic heterocycles. The number of allylic oxidation sites excluding steroid dienone is 2. The van der Waals surface area contributed by atoms with Gasteiger partial charge < -0.3 is 23.9 Å².